The Morgan fingerprint density at radius 1 is 1.50 bits per heavy atom. The Bertz CT molecular complexity index is 424. The van der Waals surface area contributed by atoms with E-state index >= 15 is 0 Å². The summed E-state index contributed by atoms with van der Waals surface area (Å²) in [4.78, 5) is 11.0. The van der Waals surface area contributed by atoms with Gasteiger partial charge in [0.2, 0.25) is 0 Å². The molecule has 4 nitrogen and oxygen atoms in total. The summed E-state index contributed by atoms with van der Waals surface area (Å²) in [5.74, 6) is -0.948. The zero-order valence-electron chi connectivity index (χ0n) is 9.16. The average Bonchev–Trinajstić information content (AvgIpc) is 2.98. The number of carbonyl (C=O) groups is 1. The van der Waals surface area contributed by atoms with E-state index in [-0.39, 0.29) is 17.7 Å². The maximum absolute atomic E-state index is 11.0. The lowest BCUT2D eigenvalue weighted by Crippen LogP contribution is -2.26. The van der Waals surface area contributed by atoms with Crippen molar-refractivity contribution in [1.82, 2.24) is 0 Å². The van der Waals surface area contributed by atoms with Crippen LogP contribution in [0.2, 0.25) is 0 Å². The number of carboxylic acids is 1. The molecule has 0 amide bonds. The van der Waals surface area contributed by atoms with Crippen molar-refractivity contribution in [2.24, 2.45) is 0 Å². The Morgan fingerprint density at radius 2 is 2.19 bits per heavy atom. The van der Waals surface area contributed by atoms with E-state index in [9.17, 15) is 9.90 Å². The molecule has 0 saturated heterocycles. The van der Waals surface area contributed by atoms with Gasteiger partial charge in [-0.15, -0.1) is 0 Å². The number of aromatic carboxylic acids is 1. The van der Waals surface area contributed by atoms with E-state index in [4.69, 9.17) is 5.11 Å². The van der Waals surface area contributed by atoms with Gasteiger partial charge >= 0.3 is 5.97 Å². The molecule has 1 fully saturated rings. The SMILES string of the molecule is Cc1ccc(C(=O)O)c(NC2(CO)CC2)c1. The molecule has 0 bridgehead atoms. The Kier molecular flexibility index (Phi) is 2.59. The number of hydrogen-bond acceptors (Lipinski definition) is 3. The summed E-state index contributed by atoms with van der Waals surface area (Å²) in [6.07, 6.45) is 1.77. The first kappa shape index (κ1) is 11.0. The maximum Gasteiger partial charge on any atom is 0.337 e. The van der Waals surface area contributed by atoms with E-state index in [1.165, 1.54) is 0 Å². The molecular formula is C12H15NO3. The fourth-order valence-electron chi connectivity index (χ4n) is 1.71. The van der Waals surface area contributed by atoms with Gasteiger partial charge in [0.15, 0.2) is 0 Å². The third kappa shape index (κ3) is 2.02. The van der Waals surface area contributed by atoms with Gasteiger partial charge in [0.25, 0.3) is 0 Å². The first-order valence-electron chi connectivity index (χ1n) is 5.29. The van der Waals surface area contributed by atoms with Crippen LogP contribution in [-0.2, 0) is 0 Å². The number of hydrogen-bond donors (Lipinski definition) is 3. The Hall–Kier alpha value is -1.55. The minimum absolute atomic E-state index is 0.0417. The number of carboxylic acid groups (broad SMARTS) is 1. The fraction of sp³-hybridized carbons (Fsp3) is 0.417. The van der Waals surface area contributed by atoms with Gasteiger partial charge in [-0.05, 0) is 37.5 Å². The van der Waals surface area contributed by atoms with Gasteiger partial charge in [0, 0.05) is 5.69 Å². The van der Waals surface area contributed by atoms with E-state index in [1.54, 1.807) is 18.2 Å². The van der Waals surface area contributed by atoms with Crippen LogP contribution in [0.5, 0.6) is 0 Å². The van der Waals surface area contributed by atoms with E-state index in [0.717, 1.165) is 18.4 Å². The summed E-state index contributed by atoms with van der Waals surface area (Å²) < 4.78 is 0. The van der Waals surface area contributed by atoms with Crippen molar-refractivity contribution in [2.75, 3.05) is 11.9 Å². The van der Waals surface area contributed by atoms with Crippen LogP contribution in [0.3, 0.4) is 0 Å². The summed E-state index contributed by atoms with van der Waals surface area (Å²) in [5, 5.41) is 21.4. The molecule has 1 aliphatic carbocycles. The van der Waals surface area contributed by atoms with Crippen molar-refractivity contribution in [2.45, 2.75) is 25.3 Å². The molecule has 0 radical (unpaired) electrons. The van der Waals surface area contributed by atoms with E-state index in [1.807, 2.05) is 6.92 Å². The normalized spacial score (nSPS) is 16.9. The molecule has 86 valence electrons. The topological polar surface area (TPSA) is 69.6 Å². The quantitative estimate of drug-likeness (QED) is 0.722. The third-order valence-corrected chi connectivity index (χ3v) is 2.96. The zero-order chi connectivity index (χ0) is 11.8. The highest BCUT2D eigenvalue weighted by molar-refractivity contribution is 5.94. The van der Waals surface area contributed by atoms with Crippen molar-refractivity contribution in [3.05, 3.63) is 29.3 Å². The summed E-state index contributed by atoms with van der Waals surface area (Å²) in [7, 11) is 0. The third-order valence-electron chi connectivity index (χ3n) is 2.96. The Balaban J connectivity index is 2.31. The summed E-state index contributed by atoms with van der Waals surface area (Å²) >= 11 is 0. The molecule has 0 aromatic heterocycles. The van der Waals surface area contributed by atoms with Crippen LogP contribution in [0, 0.1) is 6.92 Å². The van der Waals surface area contributed by atoms with Gasteiger partial charge in [-0.3, -0.25) is 0 Å². The monoisotopic (exact) mass is 221 g/mol. The zero-order valence-corrected chi connectivity index (χ0v) is 9.16. The minimum Gasteiger partial charge on any atom is -0.478 e. The van der Waals surface area contributed by atoms with Gasteiger partial charge in [-0.1, -0.05) is 6.07 Å². The van der Waals surface area contributed by atoms with Gasteiger partial charge in [-0.2, -0.15) is 0 Å². The molecule has 1 saturated carbocycles. The molecule has 4 heteroatoms. The highest BCUT2D eigenvalue weighted by atomic mass is 16.4. The fourth-order valence-corrected chi connectivity index (χ4v) is 1.71. The largest absolute Gasteiger partial charge is 0.478 e. The summed E-state index contributed by atoms with van der Waals surface area (Å²) in [5.41, 5.74) is 1.56. The van der Waals surface area contributed by atoms with Crippen molar-refractivity contribution in [3.8, 4) is 0 Å². The number of nitrogens with one attached hydrogen (secondary N) is 1. The molecule has 3 N–H and O–H groups in total. The Morgan fingerprint density at radius 3 is 2.69 bits per heavy atom. The second-order valence-electron chi connectivity index (χ2n) is 4.42. The van der Waals surface area contributed by atoms with Crippen LogP contribution in [0.1, 0.15) is 28.8 Å². The molecule has 1 aromatic rings. The minimum atomic E-state index is -0.948. The maximum atomic E-state index is 11.0. The highest BCUT2D eigenvalue weighted by Crippen LogP contribution is 2.39. The number of aliphatic hydroxyl groups is 1. The van der Waals surface area contributed by atoms with Crippen LogP contribution in [0.25, 0.3) is 0 Å². The molecule has 0 unspecified atom stereocenters. The van der Waals surface area contributed by atoms with Crippen molar-refractivity contribution < 1.29 is 15.0 Å². The smallest absolute Gasteiger partial charge is 0.337 e. The standard InChI is InChI=1S/C12H15NO3/c1-8-2-3-9(11(15)16)10(6-8)13-12(7-14)4-5-12/h2-3,6,13-14H,4-5,7H2,1H3,(H,15,16). The number of aryl methyl sites for hydroxylation is 1. The van der Waals surface area contributed by atoms with Gasteiger partial charge in [-0.25, -0.2) is 4.79 Å². The molecule has 1 aromatic carbocycles. The van der Waals surface area contributed by atoms with E-state index < -0.39 is 5.97 Å². The second kappa shape index (κ2) is 3.79. The predicted octanol–water partition coefficient (Wildman–Crippen LogP) is 1.63. The van der Waals surface area contributed by atoms with Gasteiger partial charge < -0.3 is 15.5 Å². The number of aliphatic hydroxyl groups excluding tert-OH is 1. The van der Waals surface area contributed by atoms with Crippen molar-refractivity contribution in [3.63, 3.8) is 0 Å². The molecule has 2 rings (SSSR count). The number of anilines is 1. The van der Waals surface area contributed by atoms with Crippen molar-refractivity contribution in [1.29, 1.82) is 0 Å². The lowest BCUT2D eigenvalue weighted by molar-refractivity contribution is 0.0698. The van der Waals surface area contributed by atoms with Gasteiger partial charge in [0.05, 0.1) is 17.7 Å². The molecule has 0 aliphatic heterocycles. The lowest BCUT2D eigenvalue weighted by atomic mass is 10.1. The Labute approximate surface area is 93.9 Å². The summed E-state index contributed by atoms with van der Waals surface area (Å²) in [6.45, 7) is 1.95. The molecule has 0 heterocycles. The van der Waals surface area contributed by atoms with E-state index in [0.29, 0.717) is 5.69 Å². The first-order valence-corrected chi connectivity index (χ1v) is 5.29. The average molecular weight is 221 g/mol. The molecule has 0 atom stereocenters. The molecule has 16 heavy (non-hydrogen) atoms. The molecular weight excluding hydrogens is 206 g/mol. The molecule has 0 spiro atoms. The second-order valence-corrected chi connectivity index (χ2v) is 4.42. The van der Waals surface area contributed by atoms with Crippen LogP contribution >= 0.6 is 0 Å². The first-order chi connectivity index (χ1) is 7.56. The predicted molar refractivity (Wildman–Crippen MR) is 60.8 cm³/mol. The van der Waals surface area contributed by atoms with Crippen molar-refractivity contribution >= 4 is 11.7 Å². The van der Waals surface area contributed by atoms with Crippen LogP contribution in [-0.4, -0.2) is 28.3 Å². The van der Waals surface area contributed by atoms with Gasteiger partial charge in [0.1, 0.15) is 0 Å². The number of benzene rings is 1. The number of rotatable bonds is 4. The van der Waals surface area contributed by atoms with E-state index in [2.05, 4.69) is 5.32 Å². The highest BCUT2D eigenvalue weighted by Gasteiger charge is 2.42. The molecule has 1 aliphatic rings. The summed E-state index contributed by atoms with van der Waals surface area (Å²) in [6, 6.07) is 5.17. The van der Waals surface area contributed by atoms with Crippen LogP contribution in [0.15, 0.2) is 18.2 Å². The van der Waals surface area contributed by atoms with Crippen LogP contribution in [0.4, 0.5) is 5.69 Å². The van der Waals surface area contributed by atoms with Crippen LogP contribution < -0.4 is 5.32 Å². The lowest BCUT2D eigenvalue weighted by Gasteiger charge is -2.18.